The van der Waals surface area contributed by atoms with Gasteiger partial charge in [-0.15, -0.1) is 0 Å². The quantitative estimate of drug-likeness (QED) is 0.824. The van der Waals surface area contributed by atoms with E-state index in [2.05, 4.69) is 4.98 Å². The number of aromatic amines is 1. The van der Waals surface area contributed by atoms with Crippen molar-refractivity contribution in [3.63, 3.8) is 0 Å². The summed E-state index contributed by atoms with van der Waals surface area (Å²) in [5.74, 6) is 0. The summed E-state index contributed by atoms with van der Waals surface area (Å²) in [6.07, 6.45) is 2.97. The number of rotatable bonds is 4. The molecule has 1 aliphatic heterocycles. The van der Waals surface area contributed by atoms with Crippen LogP contribution >= 0.6 is 0 Å². The van der Waals surface area contributed by atoms with Crippen molar-refractivity contribution >= 4 is 10.0 Å². The van der Waals surface area contributed by atoms with Crippen LogP contribution in [0.4, 0.5) is 0 Å². The SMILES string of the molecule is CN(C1CCOCC1)S(=O)(=O)c1c[nH]c(CN)c1. The van der Waals surface area contributed by atoms with E-state index in [-0.39, 0.29) is 10.9 Å². The molecule has 0 atom stereocenters. The molecule has 102 valence electrons. The number of H-pyrrole nitrogens is 1. The number of sulfonamides is 1. The lowest BCUT2D eigenvalue weighted by Crippen LogP contribution is -2.40. The van der Waals surface area contributed by atoms with E-state index >= 15 is 0 Å². The minimum Gasteiger partial charge on any atom is -0.381 e. The second kappa shape index (κ2) is 5.40. The topological polar surface area (TPSA) is 88.4 Å². The second-order valence-corrected chi connectivity index (χ2v) is 6.43. The van der Waals surface area contributed by atoms with Crippen LogP contribution in [-0.4, -0.2) is 44.0 Å². The molecule has 2 heterocycles. The van der Waals surface area contributed by atoms with E-state index < -0.39 is 10.0 Å². The van der Waals surface area contributed by atoms with Crippen LogP contribution in [0.1, 0.15) is 18.5 Å². The number of hydrogen-bond acceptors (Lipinski definition) is 4. The molecule has 1 fully saturated rings. The molecule has 3 N–H and O–H groups in total. The maximum atomic E-state index is 12.4. The molecule has 1 aromatic rings. The Hall–Kier alpha value is -0.890. The number of aromatic nitrogens is 1. The Labute approximate surface area is 107 Å². The van der Waals surface area contributed by atoms with Crippen LogP contribution in [0.2, 0.25) is 0 Å². The average molecular weight is 273 g/mol. The zero-order chi connectivity index (χ0) is 13.2. The van der Waals surface area contributed by atoms with Gasteiger partial charge < -0.3 is 15.5 Å². The molecule has 0 spiro atoms. The van der Waals surface area contributed by atoms with Crippen LogP contribution in [0.25, 0.3) is 0 Å². The predicted octanol–water partition coefficient (Wildman–Crippen LogP) is 0.273. The maximum Gasteiger partial charge on any atom is 0.244 e. The standard InChI is InChI=1S/C11H19N3O3S/c1-14(10-2-4-17-5-3-10)18(15,16)11-6-9(7-12)13-8-11/h6,8,10,13H,2-5,7,12H2,1H3. The van der Waals surface area contributed by atoms with Crippen molar-refractivity contribution in [2.45, 2.75) is 30.3 Å². The molecule has 7 heteroatoms. The highest BCUT2D eigenvalue weighted by Crippen LogP contribution is 2.22. The van der Waals surface area contributed by atoms with Crippen LogP contribution in [0.5, 0.6) is 0 Å². The van der Waals surface area contributed by atoms with Crippen molar-refractivity contribution in [3.8, 4) is 0 Å². The first-order chi connectivity index (χ1) is 8.55. The van der Waals surface area contributed by atoms with Gasteiger partial charge in [0.15, 0.2) is 0 Å². The number of ether oxygens (including phenoxy) is 1. The van der Waals surface area contributed by atoms with Gasteiger partial charge in [-0.25, -0.2) is 8.42 Å². The van der Waals surface area contributed by atoms with Crippen molar-refractivity contribution in [1.82, 2.24) is 9.29 Å². The molecule has 18 heavy (non-hydrogen) atoms. The zero-order valence-corrected chi connectivity index (χ0v) is 11.2. The number of nitrogens with zero attached hydrogens (tertiary/aromatic N) is 1. The van der Waals surface area contributed by atoms with Gasteiger partial charge in [-0.3, -0.25) is 0 Å². The Morgan fingerprint density at radius 3 is 2.72 bits per heavy atom. The fourth-order valence-electron chi connectivity index (χ4n) is 2.10. The summed E-state index contributed by atoms with van der Waals surface area (Å²) in [6.45, 7) is 1.54. The van der Waals surface area contributed by atoms with E-state index in [0.29, 0.717) is 25.5 Å². The summed E-state index contributed by atoms with van der Waals surface area (Å²) in [5, 5.41) is 0. The molecular weight excluding hydrogens is 254 g/mol. The molecule has 1 saturated heterocycles. The summed E-state index contributed by atoms with van der Waals surface area (Å²) >= 11 is 0. The Morgan fingerprint density at radius 1 is 1.50 bits per heavy atom. The van der Waals surface area contributed by atoms with Gasteiger partial charge >= 0.3 is 0 Å². The Kier molecular flexibility index (Phi) is 4.06. The molecule has 0 saturated carbocycles. The molecule has 1 aliphatic rings. The zero-order valence-electron chi connectivity index (χ0n) is 10.4. The smallest absolute Gasteiger partial charge is 0.244 e. The van der Waals surface area contributed by atoms with Crippen LogP contribution in [0.3, 0.4) is 0 Å². The molecule has 0 aromatic carbocycles. The summed E-state index contributed by atoms with van der Waals surface area (Å²) in [6, 6.07) is 1.60. The van der Waals surface area contributed by atoms with E-state index in [1.807, 2.05) is 0 Å². The minimum atomic E-state index is -3.44. The first-order valence-electron chi connectivity index (χ1n) is 5.99. The van der Waals surface area contributed by atoms with E-state index in [4.69, 9.17) is 10.5 Å². The highest BCUT2D eigenvalue weighted by molar-refractivity contribution is 7.89. The Balaban J connectivity index is 2.18. The van der Waals surface area contributed by atoms with Crippen molar-refractivity contribution in [2.24, 2.45) is 5.73 Å². The Morgan fingerprint density at radius 2 is 2.17 bits per heavy atom. The van der Waals surface area contributed by atoms with Gasteiger partial charge in [0.2, 0.25) is 10.0 Å². The molecule has 1 aromatic heterocycles. The number of nitrogens with one attached hydrogen (secondary N) is 1. The van der Waals surface area contributed by atoms with Gasteiger partial charge in [0.1, 0.15) is 0 Å². The molecular formula is C11H19N3O3S. The molecule has 0 radical (unpaired) electrons. The second-order valence-electron chi connectivity index (χ2n) is 4.43. The third-order valence-corrected chi connectivity index (χ3v) is 5.21. The third-order valence-electron chi connectivity index (χ3n) is 3.32. The van der Waals surface area contributed by atoms with Crippen LogP contribution in [-0.2, 0) is 21.3 Å². The molecule has 0 amide bonds. The first kappa shape index (κ1) is 13.5. The van der Waals surface area contributed by atoms with E-state index in [9.17, 15) is 8.42 Å². The molecule has 0 unspecified atom stereocenters. The fraction of sp³-hybridized carbons (Fsp3) is 0.636. The lowest BCUT2D eigenvalue weighted by molar-refractivity contribution is 0.0632. The van der Waals surface area contributed by atoms with Gasteiger partial charge in [-0.05, 0) is 18.9 Å². The largest absolute Gasteiger partial charge is 0.381 e. The van der Waals surface area contributed by atoms with E-state index in [1.165, 1.54) is 10.5 Å². The first-order valence-corrected chi connectivity index (χ1v) is 7.43. The predicted molar refractivity (Wildman–Crippen MR) is 67.5 cm³/mol. The fourth-order valence-corrected chi connectivity index (χ4v) is 3.53. The van der Waals surface area contributed by atoms with E-state index in [1.54, 1.807) is 13.1 Å². The lowest BCUT2D eigenvalue weighted by atomic mass is 10.1. The van der Waals surface area contributed by atoms with Crippen molar-refractivity contribution in [2.75, 3.05) is 20.3 Å². The van der Waals surface area contributed by atoms with Crippen LogP contribution in [0, 0.1) is 0 Å². The van der Waals surface area contributed by atoms with Gasteiger partial charge in [0.05, 0.1) is 4.90 Å². The highest BCUT2D eigenvalue weighted by Gasteiger charge is 2.29. The van der Waals surface area contributed by atoms with Gasteiger partial charge in [-0.2, -0.15) is 4.31 Å². The molecule has 0 bridgehead atoms. The molecule has 6 nitrogen and oxygen atoms in total. The average Bonchev–Trinajstić information content (AvgIpc) is 2.88. The lowest BCUT2D eigenvalue weighted by Gasteiger charge is -2.30. The summed E-state index contributed by atoms with van der Waals surface area (Å²) in [7, 11) is -1.81. The van der Waals surface area contributed by atoms with Crippen molar-refractivity contribution in [3.05, 3.63) is 18.0 Å². The van der Waals surface area contributed by atoms with E-state index in [0.717, 1.165) is 12.8 Å². The minimum absolute atomic E-state index is 0.0139. The van der Waals surface area contributed by atoms with Crippen LogP contribution < -0.4 is 5.73 Å². The normalized spacial score (nSPS) is 18.4. The molecule has 2 rings (SSSR count). The van der Waals surface area contributed by atoms with Gasteiger partial charge in [0, 0.05) is 44.7 Å². The summed E-state index contributed by atoms with van der Waals surface area (Å²) in [5.41, 5.74) is 6.19. The monoisotopic (exact) mass is 273 g/mol. The number of hydrogen-bond donors (Lipinski definition) is 2. The van der Waals surface area contributed by atoms with Crippen molar-refractivity contribution < 1.29 is 13.2 Å². The molecule has 0 aliphatic carbocycles. The highest BCUT2D eigenvalue weighted by atomic mass is 32.2. The maximum absolute atomic E-state index is 12.4. The van der Waals surface area contributed by atoms with Crippen LogP contribution in [0.15, 0.2) is 17.2 Å². The van der Waals surface area contributed by atoms with Gasteiger partial charge in [-0.1, -0.05) is 0 Å². The third kappa shape index (κ3) is 2.59. The number of nitrogens with two attached hydrogens (primary N) is 1. The summed E-state index contributed by atoms with van der Waals surface area (Å²) < 4.78 is 31.5. The van der Waals surface area contributed by atoms with Crippen molar-refractivity contribution in [1.29, 1.82) is 0 Å². The van der Waals surface area contributed by atoms with Gasteiger partial charge in [0.25, 0.3) is 0 Å². The summed E-state index contributed by atoms with van der Waals surface area (Å²) in [4.78, 5) is 3.14. The Bertz CT molecular complexity index is 491.